The van der Waals surface area contributed by atoms with Crippen LogP contribution in [0.25, 0.3) is 0 Å². The molecule has 18 heavy (non-hydrogen) atoms. The van der Waals surface area contributed by atoms with Crippen molar-refractivity contribution in [2.24, 2.45) is 0 Å². The predicted octanol–water partition coefficient (Wildman–Crippen LogP) is 2.79. The number of aliphatic hydroxyl groups is 1. The quantitative estimate of drug-likeness (QED) is 0.864. The zero-order valence-electron chi connectivity index (χ0n) is 10.5. The van der Waals surface area contributed by atoms with Crippen LogP contribution in [0.1, 0.15) is 25.3 Å². The fourth-order valence-corrected chi connectivity index (χ4v) is 2.20. The fourth-order valence-electron chi connectivity index (χ4n) is 2.01. The van der Waals surface area contributed by atoms with Crippen molar-refractivity contribution in [2.45, 2.75) is 44.7 Å². The first-order chi connectivity index (χ1) is 8.72. The van der Waals surface area contributed by atoms with E-state index in [-0.39, 0.29) is 12.2 Å². The van der Waals surface area contributed by atoms with Crippen molar-refractivity contribution in [3.63, 3.8) is 0 Å². The summed E-state index contributed by atoms with van der Waals surface area (Å²) in [5.74, 6) is 0. The molecule has 1 aromatic rings. The van der Waals surface area contributed by atoms with E-state index in [1.807, 2.05) is 31.2 Å². The van der Waals surface area contributed by atoms with Crippen molar-refractivity contribution in [1.82, 2.24) is 0 Å². The first-order valence-electron chi connectivity index (χ1n) is 6.37. The van der Waals surface area contributed by atoms with Crippen LogP contribution in [-0.2, 0) is 16.1 Å². The second-order valence-electron chi connectivity index (χ2n) is 4.58. The number of rotatable bonds is 6. The lowest BCUT2D eigenvalue weighted by Gasteiger charge is -2.40. The van der Waals surface area contributed by atoms with Gasteiger partial charge in [0.1, 0.15) is 6.10 Å². The van der Waals surface area contributed by atoms with E-state index in [1.54, 1.807) is 0 Å². The average molecular weight is 271 g/mol. The molecule has 1 saturated carbocycles. The summed E-state index contributed by atoms with van der Waals surface area (Å²) in [5, 5.41) is 10.3. The summed E-state index contributed by atoms with van der Waals surface area (Å²) < 4.78 is 11.3. The van der Waals surface area contributed by atoms with E-state index in [4.69, 9.17) is 21.1 Å². The Balaban J connectivity index is 1.82. The number of halogens is 1. The summed E-state index contributed by atoms with van der Waals surface area (Å²) in [6.45, 7) is 3.17. The number of ether oxygens (including phenoxy) is 2. The molecule has 0 spiro atoms. The molecule has 0 aliphatic heterocycles. The molecule has 3 atom stereocenters. The van der Waals surface area contributed by atoms with Crippen LogP contribution in [0.5, 0.6) is 0 Å². The third-order valence-electron chi connectivity index (χ3n) is 3.14. The maximum Gasteiger partial charge on any atom is 0.110 e. The summed E-state index contributed by atoms with van der Waals surface area (Å²) in [6, 6.07) is 7.62. The van der Waals surface area contributed by atoms with Crippen LogP contribution in [0, 0.1) is 0 Å². The highest BCUT2D eigenvalue weighted by molar-refractivity contribution is 6.31. The second kappa shape index (κ2) is 6.53. The zero-order valence-corrected chi connectivity index (χ0v) is 11.3. The van der Waals surface area contributed by atoms with Crippen LogP contribution in [0.15, 0.2) is 24.3 Å². The Labute approximate surface area is 113 Å². The molecule has 0 saturated heterocycles. The van der Waals surface area contributed by atoms with Gasteiger partial charge in [0.25, 0.3) is 0 Å². The van der Waals surface area contributed by atoms with Crippen LogP contribution >= 0.6 is 11.6 Å². The van der Waals surface area contributed by atoms with Gasteiger partial charge >= 0.3 is 0 Å². The van der Waals surface area contributed by atoms with E-state index in [0.717, 1.165) is 12.0 Å². The van der Waals surface area contributed by atoms with Crippen LogP contribution in [0.2, 0.25) is 5.02 Å². The third-order valence-corrected chi connectivity index (χ3v) is 3.51. The van der Waals surface area contributed by atoms with E-state index in [2.05, 4.69) is 0 Å². The van der Waals surface area contributed by atoms with E-state index in [1.165, 1.54) is 0 Å². The number of hydrogen-bond acceptors (Lipinski definition) is 3. The molecule has 1 fully saturated rings. The smallest absolute Gasteiger partial charge is 0.110 e. The van der Waals surface area contributed by atoms with Crippen LogP contribution in [0.4, 0.5) is 0 Å². The van der Waals surface area contributed by atoms with Crippen molar-refractivity contribution in [3.05, 3.63) is 34.9 Å². The van der Waals surface area contributed by atoms with Gasteiger partial charge in [-0.3, -0.25) is 0 Å². The lowest BCUT2D eigenvalue weighted by Crippen LogP contribution is -2.53. The summed E-state index contributed by atoms with van der Waals surface area (Å²) in [4.78, 5) is 0. The Morgan fingerprint density at radius 2 is 2.11 bits per heavy atom. The standard InChI is InChI=1S/C14H19ClO3/c1-2-7-17-14-12(16)8-13(14)18-9-10-5-3-4-6-11(10)15/h3-6,12-14,16H,2,7-9H2,1H3. The first kappa shape index (κ1) is 13.8. The van der Waals surface area contributed by atoms with Crippen molar-refractivity contribution in [3.8, 4) is 0 Å². The number of hydrogen-bond donors (Lipinski definition) is 1. The van der Waals surface area contributed by atoms with Gasteiger partial charge in [-0.2, -0.15) is 0 Å². The maximum atomic E-state index is 9.63. The van der Waals surface area contributed by atoms with Crippen LogP contribution in [0.3, 0.4) is 0 Å². The highest BCUT2D eigenvalue weighted by atomic mass is 35.5. The van der Waals surface area contributed by atoms with Gasteiger partial charge in [0, 0.05) is 18.1 Å². The minimum absolute atomic E-state index is 0.0252. The molecule has 0 radical (unpaired) electrons. The molecule has 0 bridgehead atoms. The molecule has 3 nitrogen and oxygen atoms in total. The van der Waals surface area contributed by atoms with Gasteiger partial charge in [0.15, 0.2) is 0 Å². The largest absolute Gasteiger partial charge is 0.390 e. The summed E-state index contributed by atoms with van der Waals surface area (Å²) >= 11 is 6.06. The van der Waals surface area contributed by atoms with E-state index < -0.39 is 6.10 Å². The molecule has 100 valence electrons. The van der Waals surface area contributed by atoms with Gasteiger partial charge in [-0.1, -0.05) is 36.7 Å². The Kier molecular flexibility index (Phi) is 5.01. The lowest BCUT2D eigenvalue weighted by molar-refractivity contribution is -0.196. The average Bonchev–Trinajstić information content (AvgIpc) is 2.36. The highest BCUT2D eigenvalue weighted by Gasteiger charge is 2.41. The maximum absolute atomic E-state index is 9.63. The van der Waals surface area contributed by atoms with Gasteiger partial charge in [0.2, 0.25) is 0 Å². The Hall–Kier alpha value is -0.610. The van der Waals surface area contributed by atoms with Gasteiger partial charge in [-0.15, -0.1) is 0 Å². The summed E-state index contributed by atoms with van der Waals surface area (Å²) in [5.41, 5.74) is 0.967. The molecule has 0 heterocycles. The Morgan fingerprint density at radius 1 is 1.33 bits per heavy atom. The van der Waals surface area contributed by atoms with Gasteiger partial charge in [0.05, 0.1) is 18.8 Å². The number of aliphatic hydroxyl groups excluding tert-OH is 1. The minimum Gasteiger partial charge on any atom is -0.390 e. The molecule has 2 rings (SSSR count). The Morgan fingerprint density at radius 3 is 2.78 bits per heavy atom. The monoisotopic (exact) mass is 270 g/mol. The second-order valence-corrected chi connectivity index (χ2v) is 4.99. The minimum atomic E-state index is -0.396. The normalized spacial score (nSPS) is 26.9. The molecule has 0 aromatic heterocycles. The van der Waals surface area contributed by atoms with Crippen molar-refractivity contribution in [1.29, 1.82) is 0 Å². The SMILES string of the molecule is CCCOC1C(O)CC1OCc1ccccc1Cl. The molecule has 1 N–H and O–H groups in total. The van der Waals surface area contributed by atoms with E-state index in [0.29, 0.717) is 24.7 Å². The molecule has 1 aliphatic rings. The molecule has 4 heteroatoms. The zero-order chi connectivity index (χ0) is 13.0. The number of benzene rings is 1. The predicted molar refractivity (Wildman–Crippen MR) is 70.7 cm³/mol. The lowest BCUT2D eigenvalue weighted by atomic mass is 9.88. The van der Waals surface area contributed by atoms with Gasteiger partial charge in [-0.25, -0.2) is 0 Å². The molecular weight excluding hydrogens is 252 g/mol. The van der Waals surface area contributed by atoms with Crippen molar-refractivity contribution < 1.29 is 14.6 Å². The van der Waals surface area contributed by atoms with Crippen LogP contribution in [-0.4, -0.2) is 30.0 Å². The topological polar surface area (TPSA) is 38.7 Å². The molecule has 0 amide bonds. The fraction of sp³-hybridized carbons (Fsp3) is 0.571. The van der Waals surface area contributed by atoms with E-state index >= 15 is 0 Å². The summed E-state index contributed by atoms with van der Waals surface area (Å²) in [6.07, 6.45) is 0.974. The van der Waals surface area contributed by atoms with Gasteiger partial charge < -0.3 is 14.6 Å². The first-order valence-corrected chi connectivity index (χ1v) is 6.75. The molecule has 1 aliphatic carbocycles. The van der Waals surface area contributed by atoms with E-state index in [9.17, 15) is 5.11 Å². The van der Waals surface area contributed by atoms with Crippen molar-refractivity contribution in [2.75, 3.05) is 6.61 Å². The molecular formula is C14H19ClO3. The van der Waals surface area contributed by atoms with Crippen LogP contribution < -0.4 is 0 Å². The summed E-state index contributed by atoms with van der Waals surface area (Å²) in [7, 11) is 0. The van der Waals surface area contributed by atoms with Crippen molar-refractivity contribution >= 4 is 11.6 Å². The Bertz CT molecular complexity index is 383. The molecule has 3 unspecified atom stereocenters. The molecule has 1 aromatic carbocycles. The highest BCUT2D eigenvalue weighted by Crippen LogP contribution is 2.29. The third kappa shape index (κ3) is 3.23. The van der Waals surface area contributed by atoms with Gasteiger partial charge in [-0.05, 0) is 18.1 Å².